The monoisotopic (exact) mass is 429 g/mol. The number of amides is 1. The third-order valence-corrected chi connectivity index (χ3v) is 5.76. The summed E-state index contributed by atoms with van der Waals surface area (Å²) in [6.45, 7) is 6.37. The Balaban J connectivity index is 1.89. The molecule has 1 aromatic carbocycles. The maximum atomic E-state index is 13.3. The first kappa shape index (κ1) is 21.5. The second kappa shape index (κ2) is 8.78. The van der Waals surface area contributed by atoms with E-state index in [1.165, 1.54) is 10.5 Å². The summed E-state index contributed by atoms with van der Waals surface area (Å²) < 4.78 is 3.19. The molecular weight excluding hydrogens is 402 g/mol. The number of fused-ring (bicyclic) bond motifs is 2. The van der Waals surface area contributed by atoms with E-state index in [4.69, 9.17) is 10.4 Å². The van der Waals surface area contributed by atoms with Gasteiger partial charge in [-0.2, -0.15) is 0 Å². The zero-order chi connectivity index (χ0) is 22.8. The highest BCUT2D eigenvalue weighted by molar-refractivity contribution is 5.97. The van der Waals surface area contributed by atoms with Crippen molar-refractivity contribution in [2.75, 3.05) is 0 Å². The molecule has 0 aliphatic rings. The zero-order valence-corrected chi connectivity index (χ0v) is 18.6. The van der Waals surface area contributed by atoms with E-state index < -0.39 is 0 Å². The fourth-order valence-electron chi connectivity index (χ4n) is 3.90. The highest BCUT2D eigenvalue weighted by Crippen LogP contribution is 2.15. The lowest BCUT2D eigenvalue weighted by Crippen LogP contribution is -2.36. The van der Waals surface area contributed by atoms with Crippen LogP contribution >= 0.6 is 0 Å². The molecule has 0 radical (unpaired) electrons. The molecule has 0 aliphatic heterocycles. The quantitative estimate of drug-likeness (QED) is 0.458. The molecule has 164 valence electrons. The van der Waals surface area contributed by atoms with Gasteiger partial charge in [-0.05, 0) is 43.5 Å². The van der Waals surface area contributed by atoms with Gasteiger partial charge in [0, 0.05) is 12.7 Å². The molecule has 3 heterocycles. The first-order chi connectivity index (χ1) is 15.4. The fourth-order valence-corrected chi connectivity index (χ4v) is 3.90. The molecule has 0 saturated heterocycles. The van der Waals surface area contributed by atoms with Gasteiger partial charge in [0.2, 0.25) is 0 Å². The average molecular weight is 430 g/mol. The first-order valence-electron chi connectivity index (χ1n) is 10.9. The fraction of sp³-hybridized carbons (Fsp3) is 0.280. The van der Waals surface area contributed by atoms with Crippen LogP contribution in [0.25, 0.3) is 16.7 Å². The van der Waals surface area contributed by atoms with Gasteiger partial charge < -0.3 is 9.88 Å². The number of rotatable bonds is 6. The largest absolute Gasteiger partial charge is 0.345 e. The third-order valence-electron chi connectivity index (χ3n) is 5.76. The maximum absolute atomic E-state index is 13.3. The van der Waals surface area contributed by atoms with Crippen LogP contribution in [0.5, 0.6) is 0 Å². The maximum Gasteiger partial charge on any atom is 0.267 e. The average Bonchev–Trinajstić information content (AvgIpc) is 2.79. The minimum Gasteiger partial charge on any atom is -0.345 e. The molecule has 32 heavy (non-hydrogen) atoms. The standard InChI is InChI=1S/C25H27N5O2/c1-4-5-13-29-21(26)19(24(31)27-17(3)18-11-7-6-8-12-18)15-20-23(29)28-22-16(2)10-9-14-30(22)25(20)32/h6-12,14-15,17,26H,4-5,13H2,1-3H3,(H,27,31)/t17-/m0/s1. The van der Waals surface area contributed by atoms with Crippen LogP contribution in [0.4, 0.5) is 0 Å². The van der Waals surface area contributed by atoms with Crippen LogP contribution in [-0.2, 0) is 6.54 Å². The molecule has 7 heteroatoms. The van der Waals surface area contributed by atoms with Gasteiger partial charge >= 0.3 is 0 Å². The molecule has 0 aliphatic carbocycles. The van der Waals surface area contributed by atoms with Crippen molar-refractivity contribution in [3.63, 3.8) is 0 Å². The molecule has 0 saturated carbocycles. The van der Waals surface area contributed by atoms with E-state index in [0.717, 1.165) is 24.0 Å². The van der Waals surface area contributed by atoms with Crippen molar-refractivity contribution in [2.24, 2.45) is 0 Å². The van der Waals surface area contributed by atoms with E-state index in [1.54, 1.807) is 16.8 Å². The van der Waals surface area contributed by atoms with E-state index in [9.17, 15) is 9.59 Å². The second-order valence-corrected chi connectivity index (χ2v) is 8.06. The number of pyridine rings is 2. The van der Waals surface area contributed by atoms with Crippen molar-refractivity contribution < 1.29 is 4.79 Å². The minimum atomic E-state index is -0.382. The van der Waals surface area contributed by atoms with Gasteiger partial charge in [0.1, 0.15) is 16.8 Å². The van der Waals surface area contributed by atoms with Crippen molar-refractivity contribution in [3.8, 4) is 0 Å². The summed E-state index contributed by atoms with van der Waals surface area (Å²) in [7, 11) is 0. The van der Waals surface area contributed by atoms with Gasteiger partial charge in [-0.3, -0.25) is 19.4 Å². The summed E-state index contributed by atoms with van der Waals surface area (Å²) in [4.78, 5) is 31.2. The second-order valence-electron chi connectivity index (χ2n) is 8.06. The number of carbonyl (C=O) groups excluding carboxylic acids is 1. The molecule has 1 atom stereocenters. The predicted octanol–water partition coefficient (Wildman–Crippen LogP) is 3.73. The van der Waals surface area contributed by atoms with Crippen LogP contribution < -0.4 is 16.4 Å². The van der Waals surface area contributed by atoms with E-state index in [-0.39, 0.29) is 28.6 Å². The van der Waals surface area contributed by atoms with Gasteiger partial charge in [0.15, 0.2) is 0 Å². The predicted molar refractivity (Wildman–Crippen MR) is 125 cm³/mol. The summed E-state index contributed by atoms with van der Waals surface area (Å²) in [5.41, 5.74) is 2.83. The Morgan fingerprint density at radius 2 is 1.91 bits per heavy atom. The van der Waals surface area contributed by atoms with Crippen LogP contribution in [0, 0.1) is 12.3 Å². The molecule has 1 amide bonds. The summed E-state index contributed by atoms with van der Waals surface area (Å²) >= 11 is 0. The number of benzene rings is 1. The Hall–Kier alpha value is -3.74. The topological polar surface area (TPSA) is 92.2 Å². The highest BCUT2D eigenvalue weighted by Gasteiger charge is 2.19. The number of hydrogen-bond acceptors (Lipinski definition) is 4. The number of nitrogens with one attached hydrogen (secondary N) is 2. The first-order valence-corrected chi connectivity index (χ1v) is 10.9. The minimum absolute atomic E-state index is 0.0635. The molecule has 4 rings (SSSR count). The Bertz CT molecular complexity index is 1420. The van der Waals surface area contributed by atoms with Crippen LogP contribution in [0.1, 0.15) is 54.2 Å². The summed E-state index contributed by atoms with van der Waals surface area (Å²) in [5, 5.41) is 12.1. The van der Waals surface area contributed by atoms with Crippen molar-refractivity contribution in [2.45, 2.75) is 46.2 Å². The number of aromatic nitrogens is 3. The lowest BCUT2D eigenvalue weighted by atomic mass is 10.1. The van der Waals surface area contributed by atoms with Gasteiger partial charge in [-0.15, -0.1) is 0 Å². The molecule has 7 nitrogen and oxygen atoms in total. The number of aryl methyl sites for hydroxylation is 2. The third kappa shape index (κ3) is 3.82. The Morgan fingerprint density at radius 3 is 2.62 bits per heavy atom. The summed E-state index contributed by atoms with van der Waals surface area (Å²) in [5.74, 6) is -0.382. The number of unbranched alkanes of at least 4 members (excludes halogenated alkanes) is 1. The molecular formula is C25H27N5O2. The number of carbonyl (C=O) groups is 1. The van der Waals surface area contributed by atoms with Gasteiger partial charge in [-0.1, -0.05) is 49.7 Å². The van der Waals surface area contributed by atoms with Crippen LogP contribution in [0.2, 0.25) is 0 Å². The van der Waals surface area contributed by atoms with E-state index in [2.05, 4.69) is 12.2 Å². The molecule has 0 spiro atoms. The highest BCUT2D eigenvalue weighted by atomic mass is 16.2. The van der Waals surface area contributed by atoms with Crippen LogP contribution in [0.15, 0.2) is 59.5 Å². The van der Waals surface area contributed by atoms with Crippen molar-refractivity contribution in [1.82, 2.24) is 19.3 Å². The Labute approximate surface area is 185 Å². The van der Waals surface area contributed by atoms with Gasteiger partial charge in [-0.25, -0.2) is 4.98 Å². The molecule has 0 bridgehead atoms. The lowest BCUT2D eigenvalue weighted by Gasteiger charge is -2.17. The molecule has 3 aromatic heterocycles. The lowest BCUT2D eigenvalue weighted by molar-refractivity contribution is 0.0937. The van der Waals surface area contributed by atoms with E-state index in [1.807, 2.05) is 50.2 Å². The molecule has 2 N–H and O–H groups in total. The summed E-state index contributed by atoms with van der Waals surface area (Å²) in [6.07, 6.45) is 3.41. The smallest absolute Gasteiger partial charge is 0.267 e. The van der Waals surface area contributed by atoms with Crippen molar-refractivity contribution >= 4 is 22.6 Å². The van der Waals surface area contributed by atoms with Gasteiger partial charge in [0.25, 0.3) is 11.5 Å². The Morgan fingerprint density at radius 1 is 1.16 bits per heavy atom. The van der Waals surface area contributed by atoms with E-state index in [0.29, 0.717) is 23.2 Å². The normalized spacial score (nSPS) is 12.2. The number of hydrogen-bond donors (Lipinski definition) is 2. The molecule has 4 aromatic rings. The summed E-state index contributed by atoms with van der Waals surface area (Å²) in [6, 6.07) is 14.6. The van der Waals surface area contributed by atoms with Gasteiger partial charge in [0.05, 0.1) is 17.0 Å². The molecule has 0 fully saturated rings. The molecule has 0 unspecified atom stereocenters. The van der Waals surface area contributed by atoms with Crippen LogP contribution in [0.3, 0.4) is 0 Å². The van der Waals surface area contributed by atoms with Crippen molar-refractivity contribution in [3.05, 3.63) is 87.3 Å². The van der Waals surface area contributed by atoms with Crippen LogP contribution in [-0.4, -0.2) is 19.9 Å². The Kier molecular flexibility index (Phi) is 5.90. The van der Waals surface area contributed by atoms with Crippen molar-refractivity contribution in [1.29, 1.82) is 5.41 Å². The van der Waals surface area contributed by atoms with E-state index >= 15 is 0 Å². The SMILES string of the molecule is CCCCn1c(=N)c(C(=O)N[C@@H](C)c2ccccc2)cc2c(=O)n3cccc(C)c3nc21. The zero-order valence-electron chi connectivity index (χ0n) is 18.6. The number of nitrogens with zero attached hydrogens (tertiary/aromatic N) is 3.